The number of hydrogen-bond acceptors (Lipinski definition) is 4. The second kappa shape index (κ2) is 7.13. The van der Waals surface area contributed by atoms with Gasteiger partial charge in [-0.15, -0.1) is 0 Å². The van der Waals surface area contributed by atoms with Crippen molar-refractivity contribution in [3.63, 3.8) is 0 Å². The number of anilines is 1. The first kappa shape index (κ1) is 16.0. The van der Waals surface area contributed by atoms with Crippen LogP contribution in [0.5, 0.6) is 0 Å². The van der Waals surface area contributed by atoms with Crippen LogP contribution in [0.2, 0.25) is 0 Å². The molecule has 1 aliphatic rings. The zero-order valence-electron chi connectivity index (χ0n) is 13.7. The molecule has 3 rings (SSSR count). The molecule has 0 unspecified atom stereocenters. The van der Waals surface area contributed by atoms with Gasteiger partial charge in [0.05, 0.1) is 0 Å². The molecule has 1 amide bonds. The second-order valence-corrected chi connectivity index (χ2v) is 6.93. The van der Waals surface area contributed by atoms with Crippen molar-refractivity contribution in [2.24, 2.45) is 0 Å². The summed E-state index contributed by atoms with van der Waals surface area (Å²) >= 11 is 1.69. The summed E-state index contributed by atoms with van der Waals surface area (Å²) in [6.07, 6.45) is 1.44. The van der Waals surface area contributed by atoms with Crippen LogP contribution in [0.3, 0.4) is 0 Å². The molecule has 1 saturated heterocycles. The summed E-state index contributed by atoms with van der Waals surface area (Å²) < 4.78 is 0. The van der Waals surface area contributed by atoms with Gasteiger partial charge in [0.2, 0.25) is 5.91 Å². The van der Waals surface area contributed by atoms with Crippen LogP contribution in [-0.4, -0.2) is 41.5 Å². The van der Waals surface area contributed by atoms with Crippen molar-refractivity contribution in [2.75, 3.05) is 24.5 Å². The SMILES string of the molecule is Cc1cccc(N2CCN(C(=O)CCc3ccsc3)[C@H](C)C2)n1. The number of pyridine rings is 1. The molecule has 0 radical (unpaired) electrons. The second-order valence-electron chi connectivity index (χ2n) is 6.15. The summed E-state index contributed by atoms with van der Waals surface area (Å²) in [6, 6.07) is 8.43. The van der Waals surface area contributed by atoms with Crippen LogP contribution in [0, 0.1) is 6.92 Å². The molecule has 2 aromatic heterocycles. The van der Waals surface area contributed by atoms with Gasteiger partial charge in [-0.25, -0.2) is 4.98 Å². The van der Waals surface area contributed by atoms with Crippen molar-refractivity contribution in [2.45, 2.75) is 32.7 Å². The molecule has 1 aliphatic heterocycles. The first-order valence-electron chi connectivity index (χ1n) is 8.12. The molecular formula is C18H23N3OS. The van der Waals surface area contributed by atoms with Crippen LogP contribution in [-0.2, 0) is 11.2 Å². The molecule has 3 heterocycles. The van der Waals surface area contributed by atoms with Gasteiger partial charge in [0, 0.05) is 37.8 Å². The molecular weight excluding hydrogens is 306 g/mol. The maximum Gasteiger partial charge on any atom is 0.223 e. The minimum Gasteiger partial charge on any atom is -0.353 e. The monoisotopic (exact) mass is 329 g/mol. The zero-order chi connectivity index (χ0) is 16.2. The fraction of sp³-hybridized carbons (Fsp3) is 0.444. The number of amides is 1. The summed E-state index contributed by atoms with van der Waals surface area (Å²) in [7, 11) is 0. The van der Waals surface area contributed by atoms with Crippen molar-refractivity contribution in [1.29, 1.82) is 0 Å². The van der Waals surface area contributed by atoms with Gasteiger partial charge in [-0.2, -0.15) is 11.3 Å². The minimum absolute atomic E-state index is 0.223. The number of carbonyl (C=O) groups is 1. The summed E-state index contributed by atoms with van der Waals surface area (Å²) in [5.74, 6) is 1.28. The van der Waals surface area contributed by atoms with Gasteiger partial charge in [-0.3, -0.25) is 4.79 Å². The van der Waals surface area contributed by atoms with E-state index in [0.29, 0.717) is 6.42 Å². The Morgan fingerprint density at radius 1 is 1.35 bits per heavy atom. The van der Waals surface area contributed by atoms with E-state index >= 15 is 0 Å². The summed E-state index contributed by atoms with van der Waals surface area (Å²) in [5, 5.41) is 4.19. The van der Waals surface area contributed by atoms with Gasteiger partial charge in [-0.1, -0.05) is 6.07 Å². The van der Waals surface area contributed by atoms with Crippen molar-refractivity contribution in [1.82, 2.24) is 9.88 Å². The van der Waals surface area contributed by atoms with E-state index in [9.17, 15) is 4.79 Å². The highest BCUT2D eigenvalue weighted by Crippen LogP contribution is 2.19. The standard InChI is InChI=1S/C18H23N3OS/c1-14-4-3-5-17(19-14)20-9-10-21(15(2)12-20)18(22)7-6-16-8-11-23-13-16/h3-5,8,11,13,15H,6-7,9-10,12H2,1-2H3/t15-/m1/s1. The first-order chi connectivity index (χ1) is 11.1. The van der Waals surface area contributed by atoms with E-state index in [1.807, 2.05) is 30.0 Å². The summed E-state index contributed by atoms with van der Waals surface area (Å²) in [4.78, 5) is 21.4. The predicted octanol–water partition coefficient (Wildman–Crippen LogP) is 3.12. The Morgan fingerprint density at radius 3 is 2.91 bits per heavy atom. The smallest absolute Gasteiger partial charge is 0.223 e. The van der Waals surface area contributed by atoms with Crippen molar-refractivity contribution < 1.29 is 4.79 Å². The third-order valence-electron chi connectivity index (χ3n) is 4.35. The van der Waals surface area contributed by atoms with Crippen LogP contribution < -0.4 is 4.90 Å². The molecule has 0 N–H and O–H groups in total. The van der Waals surface area contributed by atoms with E-state index in [0.717, 1.165) is 37.6 Å². The van der Waals surface area contributed by atoms with Crippen LogP contribution >= 0.6 is 11.3 Å². The van der Waals surface area contributed by atoms with E-state index in [2.05, 4.69) is 33.6 Å². The Labute approximate surface area is 141 Å². The molecule has 0 saturated carbocycles. The van der Waals surface area contributed by atoms with Gasteiger partial charge in [-0.05, 0) is 54.8 Å². The quantitative estimate of drug-likeness (QED) is 0.865. The van der Waals surface area contributed by atoms with Crippen LogP contribution in [0.4, 0.5) is 5.82 Å². The molecule has 0 aliphatic carbocycles. The van der Waals surface area contributed by atoms with E-state index in [1.165, 1.54) is 5.56 Å². The fourth-order valence-electron chi connectivity index (χ4n) is 3.07. The highest BCUT2D eigenvalue weighted by molar-refractivity contribution is 7.07. The molecule has 1 atom stereocenters. The summed E-state index contributed by atoms with van der Waals surface area (Å²) in [5.41, 5.74) is 2.29. The molecule has 1 fully saturated rings. The van der Waals surface area contributed by atoms with Gasteiger partial charge in [0.25, 0.3) is 0 Å². The molecule has 0 aromatic carbocycles. The number of aromatic nitrogens is 1. The molecule has 0 bridgehead atoms. The van der Waals surface area contributed by atoms with Gasteiger partial charge < -0.3 is 9.80 Å². The third kappa shape index (κ3) is 3.91. The Bertz CT molecular complexity index is 656. The van der Waals surface area contributed by atoms with E-state index in [-0.39, 0.29) is 11.9 Å². The molecule has 4 nitrogen and oxygen atoms in total. The first-order valence-corrected chi connectivity index (χ1v) is 9.07. The van der Waals surface area contributed by atoms with E-state index in [4.69, 9.17) is 0 Å². The Balaban J connectivity index is 1.56. The highest BCUT2D eigenvalue weighted by atomic mass is 32.1. The lowest BCUT2D eigenvalue weighted by atomic mass is 10.1. The summed E-state index contributed by atoms with van der Waals surface area (Å²) in [6.45, 7) is 6.62. The minimum atomic E-state index is 0.223. The largest absolute Gasteiger partial charge is 0.353 e. The Hall–Kier alpha value is -1.88. The maximum absolute atomic E-state index is 12.5. The lowest BCUT2D eigenvalue weighted by molar-refractivity contribution is -0.133. The maximum atomic E-state index is 12.5. The number of rotatable bonds is 4. The average molecular weight is 329 g/mol. The molecule has 2 aromatic rings. The van der Waals surface area contributed by atoms with Crippen molar-refractivity contribution in [3.8, 4) is 0 Å². The van der Waals surface area contributed by atoms with Crippen LogP contribution in [0.25, 0.3) is 0 Å². The third-order valence-corrected chi connectivity index (χ3v) is 5.09. The van der Waals surface area contributed by atoms with Gasteiger partial charge in [0.1, 0.15) is 5.82 Å². The number of piperazine rings is 1. The Morgan fingerprint density at radius 2 is 2.22 bits per heavy atom. The topological polar surface area (TPSA) is 36.4 Å². The number of thiophene rings is 1. The zero-order valence-corrected chi connectivity index (χ0v) is 14.6. The van der Waals surface area contributed by atoms with Crippen LogP contribution in [0.15, 0.2) is 35.0 Å². The number of hydrogen-bond donors (Lipinski definition) is 0. The lowest BCUT2D eigenvalue weighted by Crippen LogP contribution is -2.54. The highest BCUT2D eigenvalue weighted by Gasteiger charge is 2.27. The molecule has 23 heavy (non-hydrogen) atoms. The van der Waals surface area contributed by atoms with Crippen molar-refractivity contribution >= 4 is 23.1 Å². The number of aryl methyl sites for hydroxylation is 2. The van der Waals surface area contributed by atoms with Gasteiger partial charge >= 0.3 is 0 Å². The Kier molecular flexibility index (Phi) is 4.96. The van der Waals surface area contributed by atoms with E-state index in [1.54, 1.807) is 11.3 Å². The number of nitrogens with zero attached hydrogens (tertiary/aromatic N) is 3. The van der Waals surface area contributed by atoms with Gasteiger partial charge in [0.15, 0.2) is 0 Å². The fourth-order valence-corrected chi connectivity index (χ4v) is 3.77. The lowest BCUT2D eigenvalue weighted by Gasteiger charge is -2.40. The molecule has 5 heteroatoms. The average Bonchev–Trinajstić information content (AvgIpc) is 3.06. The normalized spacial score (nSPS) is 18.3. The van der Waals surface area contributed by atoms with Crippen LogP contribution in [0.1, 0.15) is 24.6 Å². The molecule has 0 spiro atoms. The van der Waals surface area contributed by atoms with E-state index < -0.39 is 0 Å². The molecule has 122 valence electrons. The predicted molar refractivity (Wildman–Crippen MR) is 95.0 cm³/mol. The number of carbonyl (C=O) groups excluding carboxylic acids is 1. The van der Waals surface area contributed by atoms with Crippen molar-refractivity contribution in [3.05, 3.63) is 46.3 Å².